The number of nitrogens with zero attached hydrogens (tertiary/aromatic N) is 1. The van der Waals surface area contributed by atoms with Crippen molar-refractivity contribution in [2.24, 2.45) is 5.73 Å². The number of halogens is 1. The van der Waals surface area contributed by atoms with E-state index in [0.29, 0.717) is 17.7 Å². The predicted octanol–water partition coefficient (Wildman–Crippen LogP) is 3.47. The quantitative estimate of drug-likeness (QED) is 0.251. The van der Waals surface area contributed by atoms with Crippen molar-refractivity contribution in [1.29, 1.82) is 0 Å². The van der Waals surface area contributed by atoms with Crippen LogP contribution < -0.4 is 21.2 Å². The maximum Gasteiger partial charge on any atom is 0.245 e. The number of ketones is 1. The summed E-state index contributed by atoms with van der Waals surface area (Å²) in [5.74, 6) is -0.619. The molecule has 0 unspecified atom stereocenters. The predicted molar refractivity (Wildman–Crippen MR) is 152 cm³/mol. The van der Waals surface area contributed by atoms with Crippen LogP contribution >= 0.6 is 0 Å². The zero-order valence-electron chi connectivity index (χ0n) is 23.0. The molecule has 0 aromatic heterocycles. The summed E-state index contributed by atoms with van der Waals surface area (Å²) < 4.78 is 19.6. The average Bonchev–Trinajstić information content (AvgIpc) is 2.97. The van der Waals surface area contributed by atoms with Crippen LogP contribution in [0.4, 0.5) is 4.39 Å². The molecule has 3 aromatic rings. The molecule has 0 aliphatic carbocycles. The Morgan fingerprint density at radius 2 is 1.65 bits per heavy atom. The van der Waals surface area contributed by atoms with Crippen molar-refractivity contribution >= 4 is 17.6 Å². The molecule has 0 fully saturated rings. The first-order chi connectivity index (χ1) is 19.3. The third kappa shape index (κ3) is 9.00. The summed E-state index contributed by atoms with van der Waals surface area (Å²) in [7, 11) is 0. The van der Waals surface area contributed by atoms with Gasteiger partial charge in [0.15, 0.2) is 5.78 Å². The minimum Gasteiger partial charge on any atom is -0.494 e. The number of hydrogen-bond acceptors (Lipinski definition) is 6. The number of benzene rings is 3. The summed E-state index contributed by atoms with van der Waals surface area (Å²) in [6.07, 6.45) is 0.511. The number of carbonyl (C=O) groups is 3. The molecule has 9 heteroatoms. The van der Waals surface area contributed by atoms with Crippen LogP contribution in [0.1, 0.15) is 42.5 Å². The van der Waals surface area contributed by atoms with Crippen LogP contribution in [0, 0.1) is 5.82 Å². The van der Waals surface area contributed by atoms with E-state index in [0.717, 1.165) is 16.9 Å². The molecule has 3 aromatic carbocycles. The molecule has 0 bridgehead atoms. The molecule has 1 atom stereocenters. The van der Waals surface area contributed by atoms with E-state index in [1.807, 2.05) is 61.5 Å². The molecule has 8 nitrogen and oxygen atoms in total. The van der Waals surface area contributed by atoms with E-state index in [2.05, 4.69) is 10.7 Å². The zero-order valence-corrected chi connectivity index (χ0v) is 23.0. The van der Waals surface area contributed by atoms with Crippen molar-refractivity contribution in [3.63, 3.8) is 0 Å². The van der Waals surface area contributed by atoms with Crippen LogP contribution in [-0.2, 0) is 40.3 Å². The van der Waals surface area contributed by atoms with Crippen molar-refractivity contribution in [3.8, 4) is 5.75 Å². The number of rotatable bonds is 15. The van der Waals surface area contributed by atoms with E-state index >= 15 is 0 Å². The van der Waals surface area contributed by atoms with Gasteiger partial charge in [0.25, 0.3) is 0 Å². The third-order valence-electron chi connectivity index (χ3n) is 6.34. The standard InChI is InChI=1S/C31H37FN4O4/c1-3-30(38)36(35-21-26(37)16-23-11-14-27(15-12-23)40-4-2)29(18-22-8-6-5-7-9-22)31(39)34-20-24-10-13-25(19-33)28(32)17-24/h5-15,17,29,35H,3-4,16,18-21,33H2,1-2H3,(H,34,39)/t29-/m0/s1. The molecule has 3 rings (SSSR count). The zero-order chi connectivity index (χ0) is 28.9. The molecule has 0 saturated heterocycles. The Labute approximate surface area is 234 Å². The fourth-order valence-corrected chi connectivity index (χ4v) is 4.19. The smallest absolute Gasteiger partial charge is 0.245 e. The Morgan fingerprint density at radius 1 is 0.950 bits per heavy atom. The summed E-state index contributed by atoms with van der Waals surface area (Å²) in [6.45, 7) is 4.16. The summed E-state index contributed by atoms with van der Waals surface area (Å²) in [4.78, 5) is 39.3. The Balaban J connectivity index is 1.73. The highest BCUT2D eigenvalue weighted by Crippen LogP contribution is 2.14. The highest BCUT2D eigenvalue weighted by Gasteiger charge is 2.30. The largest absolute Gasteiger partial charge is 0.494 e. The van der Waals surface area contributed by atoms with Gasteiger partial charge in [0.05, 0.1) is 13.2 Å². The summed E-state index contributed by atoms with van der Waals surface area (Å²) in [5, 5.41) is 4.07. The summed E-state index contributed by atoms with van der Waals surface area (Å²) in [5.41, 5.74) is 11.1. The second-order valence-electron chi connectivity index (χ2n) is 9.30. The number of ether oxygens (including phenoxy) is 1. The number of nitrogens with two attached hydrogens (primary N) is 1. The minimum atomic E-state index is -0.943. The van der Waals surface area contributed by atoms with Crippen LogP contribution in [0.15, 0.2) is 72.8 Å². The molecule has 0 spiro atoms. The van der Waals surface area contributed by atoms with Crippen LogP contribution in [0.25, 0.3) is 0 Å². The van der Waals surface area contributed by atoms with Gasteiger partial charge in [-0.3, -0.25) is 19.4 Å². The lowest BCUT2D eigenvalue weighted by Crippen LogP contribution is -2.57. The molecule has 212 valence electrons. The Hall–Kier alpha value is -4.08. The van der Waals surface area contributed by atoms with Gasteiger partial charge < -0.3 is 15.8 Å². The normalized spacial score (nSPS) is 11.5. The van der Waals surface area contributed by atoms with Gasteiger partial charge in [-0.15, -0.1) is 0 Å². The van der Waals surface area contributed by atoms with Crippen molar-refractivity contribution in [3.05, 3.63) is 101 Å². The molecule has 2 amide bonds. The van der Waals surface area contributed by atoms with E-state index in [9.17, 15) is 18.8 Å². The Bertz CT molecular complexity index is 1270. The summed E-state index contributed by atoms with van der Waals surface area (Å²) in [6, 6.07) is 20.3. The first-order valence-corrected chi connectivity index (χ1v) is 13.4. The number of Topliss-reactive ketones (excluding diaryl/α,β-unsaturated/α-hetero) is 1. The van der Waals surface area contributed by atoms with Gasteiger partial charge in [-0.25, -0.2) is 9.82 Å². The second kappa shape index (κ2) is 15.5. The average molecular weight is 549 g/mol. The van der Waals surface area contributed by atoms with E-state index in [-0.39, 0.29) is 50.6 Å². The highest BCUT2D eigenvalue weighted by molar-refractivity contribution is 5.88. The van der Waals surface area contributed by atoms with Crippen LogP contribution in [-0.4, -0.2) is 41.8 Å². The summed E-state index contributed by atoms with van der Waals surface area (Å²) >= 11 is 0. The van der Waals surface area contributed by atoms with Gasteiger partial charge in [0.2, 0.25) is 11.8 Å². The van der Waals surface area contributed by atoms with Crippen molar-refractivity contribution in [2.45, 2.75) is 52.2 Å². The first kappa shape index (κ1) is 30.5. The van der Waals surface area contributed by atoms with Crippen molar-refractivity contribution in [2.75, 3.05) is 13.2 Å². The molecule has 0 heterocycles. The Kier molecular flexibility index (Phi) is 11.8. The lowest BCUT2D eigenvalue weighted by atomic mass is 10.0. The van der Waals surface area contributed by atoms with Gasteiger partial charge in [-0.05, 0) is 41.8 Å². The molecule has 0 aliphatic rings. The number of carbonyl (C=O) groups excluding carboxylic acids is 3. The van der Waals surface area contributed by atoms with Crippen molar-refractivity contribution in [1.82, 2.24) is 15.8 Å². The molecule has 0 radical (unpaired) electrons. The molecule has 40 heavy (non-hydrogen) atoms. The van der Waals surface area contributed by atoms with Gasteiger partial charge in [0.1, 0.15) is 17.6 Å². The van der Waals surface area contributed by atoms with Gasteiger partial charge >= 0.3 is 0 Å². The molecular formula is C31H37FN4O4. The SMILES string of the molecule is CCOc1ccc(CC(=O)CNN(C(=O)CC)[C@@H](Cc2ccccc2)C(=O)NCc2ccc(CN)c(F)c2)cc1. The molecule has 0 aliphatic heterocycles. The van der Waals surface area contributed by atoms with Crippen LogP contribution in [0.2, 0.25) is 0 Å². The van der Waals surface area contributed by atoms with Crippen molar-refractivity contribution < 1.29 is 23.5 Å². The van der Waals surface area contributed by atoms with E-state index in [4.69, 9.17) is 10.5 Å². The Morgan fingerprint density at radius 3 is 2.27 bits per heavy atom. The number of hydrogen-bond donors (Lipinski definition) is 3. The lowest BCUT2D eigenvalue weighted by Gasteiger charge is -2.31. The van der Waals surface area contributed by atoms with Crippen LogP contribution in [0.3, 0.4) is 0 Å². The third-order valence-corrected chi connectivity index (χ3v) is 6.34. The fraction of sp³-hybridized carbons (Fsp3) is 0.323. The second-order valence-corrected chi connectivity index (χ2v) is 9.30. The maximum atomic E-state index is 14.2. The minimum absolute atomic E-state index is 0.0662. The van der Waals surface area contributed by atoms with E-state index < -0.39 is 17.8 Å². The first-order valence-electron chi connectivity index (χ1n) is 13.4. The van der Waals surface area contributed by atoms with Crippen LogP contribution in [0.5, 0.6) is 5.75 Å². The number of nitrogens with one attached hydrogen (secondary N) is 2. The fourth-order valence-electron chi connectivity index (χ4n) is 4.19. The molecule has 0 saturated carbocycles. The maximum absolute atomic E-state index is 14.2. The monoisotopic (exact) mass is 548 g/mol. The number of hydrazine groups is 1. The van der Waals surface area contributed by atoms with Gasteiger partial charge in [-0.2, -0.15) is 0 Å². The van der Waals surface area contributed by atoms with Gasteiger partial charge in [-0.1, -0.05) is 61.5 Å². The van der Waals surface area contributed by atoms with E-state index in [1.165, 1.54) is 11.1 Å². The molecular weight excluding hydrogens is 511 g/mol. The van der Waals surface area contributed by atoms with Gasteiger partial charge in [0, 0.05) is 37.9 Å². The van der Waals surface area contributed by atoms with E-state index in [1.54, 1.807) is 19.1 Å². The topological polar surface area (TPSA) is 114 Å². The highest BCUT2D eigenvalue weighted by atomic mass is 19.1. The molecule has 4 N–H and O–H groups in total. The lowest BCUT2D eigenvalue weighted by molar-refractivity contribution is -0.144. The number of amides is 2.